The van der Waals surface area contributed by atoms with Crippen molar-refractivity contribution in [3.8, 4) is 0 Å². The normalized spacial score (nSPS) is 17.6. The Morgan fingerprint density at radius 1 is 1.29 bits per heavy atom. The Balaban J connectivity index is 2.34. The molecular weight excluding hydrogens is 308 g/mol. The summed E-state index contributed by atoms with van der Waals surface area (Å²) in [6.07, 6.45) is 2.72. The summed E-state index contributed by atoms with van der Waals surface area (Å²) in [5.74, 6) is 0. The molecule has 1 aliphatic rings. The maximum Gasteiger partial charge on any atom is 0.246 e. The van der Waals surface area contributed by atoms with E-state index >= 15 is 0 Å². The highest BCUT2D eigenvalue weighted by Crippen LogP contribution is 2.34. The monoisotopic (exact) mass is 328 g/mol. The first-order chi connectivity index (χ1) is 9.64. The van der Waals surface area contributed by atoms with Gasteiger partial charge in [0.15, 0.2) is 0 Å². The van der Waals surface area contributed by atoms with Crippen LogP contribution >= 0.6 is 11.6 Å². The Bertz CT molecular complexity index is 655. The number of nitrogens with two attached hydrogens (primary N) is 1. The van der Waals surface area contributed by atoms with Crippen molar-refractivity contribution in [2.75, 3.05) is 18.8 Å². The molecule has 0 saturated carbocycles. The Kier molecular flexibility index (Phi) is 4.38. The summed E-state index contributed by atoms with van der Waals surface area (Å²) < 4.78 is 26.9. The Morgan fingerprint density at radius 2 is 1.95 bits per heavy atom. The van der Waals surface area contributed by atoms with Crippen LogP contribution in [0.1, 0.15) is 27.2 Å². The Morgan fingerprint density at radius 3 is 2.43 bits per heavy atom. The van der Waals surface area contributed by atoms with Gasteiger partial charge >= 0.3 is 0 Å². The molecule has 6 heteroatoms. The third-order valence-corrected chi connectivity index (χ3v) is 6.14. The van der Waals surface area contributed by atoms with Crippen LogP contribution in [0.5, 0.6) is 0 Å². The molecule has 0 radical (unpaired) electrons. The van der Waals surface area contributed by atoms with Crippen LogP contribution < -0.4 is 5.73 Å². The number of nitrogen functional groups attached to an aromatic ring is 1. The number of rotatable bonds is 2. The van der Waals surface area contributed by atoms with Gasteiger partial charge in [0.2, 0.25) is 10.0 Å². The first kappa shape index (κ1) is 16.3. The largest absolute Gasteiger partial charge is 0.398 e. The number of anilines is 1. The van der Waals surface area contributed by atoms with Gasteiger partial charge in [0.05, 0.1) is 10.7 Å². The molecule has 21 heavy (non-hydrogen) atoms. The molecule has 1 heterocycles. The van der Waals surface area contributed by atoms with Crippen LogP contribution in [0.25, 0.3) is 0 Å². The third kappa shape index (κ3) is 3.25. The standard InChI is InChI=1S/C15H21ClN2O2S/c1-15(2,3)11-7-9-18(10-8-11)21(19,20)14-12(16)5-4-6-13(14)17/h4-7H,8-10,17H2,1-3H3. The van der Waals surface area contributed by atoms with Crippen molar-refractivity contribution in [2.24, 2.45) is 5.41 Å². The van der Waals surface area contributed by atoms with E-state index in [-0.39, 0.29) is 21.0 Å². The fourth-order valence-corrected chi connectivity index (χ4v) is 4.49. The third-order valence-electron chi connectivity index (χ3n) is 3.73. The van der Waals surface area contributed by atoms with Gasteiger partial charge in [-0.3, -0.25) is 0 Å². The van der Waals surface area contributed by atoms with E-state index in [4.69, 9.17) is 17.3 Å². The lowest BCUT2D eigenvalue weighted by Gasteiger charge is -2.31. The molecule has 0 unspecified atom stereocenters. The minimum atomic E-state index is -3.66. The molecule has 2 N–H and O–H groups in total. The van der Waals surface area contributed by atoms with Gasteiger partial charge in [0.25, 0.3) is 0 Å². The van der Waals surface area contributed by atoms with Crippen LogP contribution in [-0.2, 0) is 10.0 Å². The van der Waals surface area contributed by atoms with E-state index in [1.54, 1.807) is 18.2 Å². The van der Waals surface area contributed by atoms with Crippen molar-refractivity contribution < 1.29 is 8.42 Å². The molecule has 1 aliphatic heterocycles. The van der Waals surface area contributed by atoms with Crippen LogP contribution in [0.2, 0.25) is 5.02 Å². The SMILES string of the molecule is CC(C)(C)C1=CCN(S(=O)(=O)c2c(N)cccc2Cl)CC1. The first-order valence-electron chi connectivity index (χ1n) is 6.87. The lowest BCUT2D eigenvalue weighted by molar-refractivity contribution is 0.390. The van der Waals surface area contributed by atoms with Crippen LogP contribution in [0, 0.1) is 5.41 Å². The number of hydrogen-bond acceptors (Lipinski definition) is 3. The van der Waals surface area contributed by atoms with Gasteiger partial charge in [0, 0.05) is 13.1 Å². The number of sulfonamides is 1. The van der Waals surface area contributed by atoms with E-state index in [0.29, 0.717) is 13.1 Å². The highest BCUT2D eigenvalue weighted by atomic mass is 35.5. The molecule has 0 saturated heterocycles. The fourth-order valence-electron chi connectivity index (χ4n) is 2.48. The summed E-state index contributed by atoms with van der Waals surface area (Å²) in [6, 6.07) is 4.74. The minimum Gasteiger partial charge on any atom is -0.398 e. The molecule has 0 atom stereocenters. The second kappa shape index (κ2) is 5.63. The van der Waals surface area contributed by atoms with Gasteiger partial charge in [-0.1, -0.05) is 50.1 Å². The molecule has 2 rings (SSSR count). The van der Waals surface area contributed by atoms with Gasteiger partial charge < -0.3 is 5.73 Å². The quantitative estimate of drug-likeness (QED) is 0.669. The van der Waals surface area contributed by atoms with E-state index in [1.165, 1.54) is 9.88 Å². The smallest absolute Gasteiger partial charge is 0.246 e. The zero-order valence-electron chi connectivity index (χ0n) is 12.6. The number of halogens is 1. The topological polar surface area (TPSA) is 63.4 Å². The fraction of sp³-hybridized carbons (Fsp3) is 0.467. The second-order valence-electron chi connectivity index (χ2n) is 6.25. The van der Waals surface area contributed by atoms with Crippen LogP contribution in [-0.4, -0.2) is 25.8 Å². The lowest BCUT2D eigenvalue weighted by Crippen LogP contribution is -2.36. The summed E-state index contributed by atoms with van der Waals surface area (Å²) >= 11 is 6.03. The summed E-state index contributed by atoms with van der Waals surface area (Å²) in [5.41, 5.74) is 7.34. The maximum absolute atomic E-state index is 12.7. The number of benzene rings is 1. The van der Waals surface area contributed by atoms with Crippen molar-refractivity contribution in [1.29, 1.82) is 0 Å². The van der Waals surface area contributed by atoms with Gasteiger partial charge in [-0.05, 0) is 24.0 Å². The van der Waals surface area contributed by atoms with E-state index in [9.17, 15) is 8.42 Å². The van der Waals surface area contributed by atoms with E-state index in [1.807, 2.05) is 6.08 Å². The van der Waals surface area contributed by atoms with E-state index < -0.39 is 10.0 Å². The predicted molar refractivity (Wildman–Crippen MR) is 86.8 cm³/mol. The van der Waals surface area contributed by atoms with E-state index in [0.717, 1.165) is 6.42 Å². The van der Waals surface area contributed by atoms with Crippen molar-refractivity contribution in [1.82, 2.24) is 4.31 Å². The van der Waals surface area contributed by atoms with Crippen LogP contribution in [0.3, 0.4) is 0 Å². The molecule has 116 valence electrons. The zero-order valence-corrected chi connectivity index (χ0v) is 14.1. The van der Waals surface area contributed by atoms with Crippen LogP contribution in [0.4, 0.5) is 5.69 Å². The van der Waals surface area contributed by atoms with Crippen molar-refractivity contribution in [3.05, 3.63) is 34.9 Å². The maximum atomic E-state index is 12.7. The molecule has 0 spiro atoms. The van der Waals surface area contributed by atoms with Crippen molar-refractivity contribution in [3.63, 3.8) is 0 Å². The predicted octanol–water partition coefficient (Wildman–Crippen LogP) is 3.29. The first-order valence-corrected chi connectivity index (χ1v) is 8.69. The summed E-state index contributed by atoms with van der Waals surface area (Å²) in [5, 5.41) is 0.167. The molecule has 0 aromatic heterocycles. The molecular formula is C15H21ClN2O2S. The van der Waals surface area contributed by atoms with Crippen molar-refractivity contribution >= 4 is 27.3 Å². The van der Waals surface area contributed by atoms with Gasteiger partial charge in [-0.2, -0.15) is 4.31 Å². The van der Waals surface area contributed by atoms with Crippen molar-refractivity contribution in [2.45, 2.75) is 32.1 Å². The summed E-state index contributed by atoms with van der Waals surface area (Å²) in [6.45, 7) is 7.22. The average molecular weight is 329 g/mol. The van der Waals surface area contributed by atoms with Gasteiger partial charge in [-0.15, -0.1) is 0 Å². The average Bonchev–Trinajstić information content (AvgIpc) is 2.37. The molecule has 4 nitrogen and oxygen atoms in total. The molecule has 1 aromatic carbocycles. The Labute approximate surface area is 131 Å². The molecule has 0 aliphatic carbocycles. The van der Waals surface area contributed by atoms with Gasteiger partial charge in [-0.25, -0.2) is 8.42 Å². The van der Waals surface area contributed by atoms with E-state index in [2.05, 4.69) is 20.8 Å². The summed E-state index contributed by atoms with van der Waals surface area (Å²) in [4.78, 5) is 0.0132. The molecule has 0 fully saturated rings. The lowest BCUT2D eigenvalue weighted by atomic mass is 9.83. The second-order valence-corrected chi connectivity index (χ2v) is 8.53. The minimum absolute atomic E-state index is 0.0132. The highest BCUT2D eigenvalue weighted by Gasteiger charge is 2.31. The molecule has 0 bridgehead atoms. The number of nitrogens with zero attached hydrogens (tertiary/aromatic N) is 1. The summed E-state index contributed by atoms with van der Waals surface area (Å²) in [7, 11) is -3.66. The van der Waals surface area contributed by atoms with Crippen LogP contribution in [0.15, 0.2) is 34.7 Å². The molecule has 1 aromatic rings. The zero-order chi connectivity index (χ0) is 15.8. The highest BCUT2D eigenvalue weighted by molar-refractivity contribution is 7.89. The Hall–Kier alpha value is -1.04. The number of hydrogen-bond donors (Lipinski definition) is 1. The molecule has 0 amide bonds. The van der Waals surface area contributed by atoms with Gasteiger partial charge in [0.1, 0.15) is 4.90 Å².